The van der Waals surface area contributed by atoms with Gasteiger partial charge in [0.1, 0.15) is 11.3 Å². The van der Waals surface area contributed by atoms with Crippen LogP contribution in [0.2, 0.25) is 5.02 Å². The first-order chi connectivity index (χ1) is 12.0. The Morgan fingerprint density at radius 2 is 1.80 bits per heavy atom. The highest BCUT2D eigenvalue weighted by atomic mass is 35.5. The zero-order valence-corrected chi connectivity index (χ0v) is 13.8. The Morgan fingerprint density at radius 3 is 2.60 bits per heavy atom. The average Bonchev–Trinajstić information content (AvgIpc) is 2.60. The lowest BCUT2D eigenvalue weighted by Crippen LogP contribution is -2.21. The molecule has 0 spiro atoms. The minimum Gasteiger partial charge on any atom is -0.507 e. The lowest BCUT2D eigenvalue weighted by Gasteiger charge is -2.10. The molecule has 2 N–H and O–H groups in total. The lowest BCUT2D eigenvalue weighted by molar-refractivity contribution is -0.119. The molecule has 1 amide bonds. The Balaban J connectivity index is 1.65. The third-order valence-corrected chi connectivity index (χ3v) is 3.81. The molecule has 0 bridgehead atoms. The van der Waals surface area contributed by atoms with Crippen molar-refractivity contribution in [1.29, 1.82) is 0 Å². The molecule has 0 saturated heterocycles. The number of amides is 1. The van der Waals surface area contributed by atoms with Crippen LogP contribution in [0.15, 0.2) is 60.7 Å². The van der Waals surface area contributed by atoms with Crippen molar-refractivity contribution in [2.45, 2.75) is 0 Å². The predicted octanol–water partition coefficient (Wildman–Crippen LogP) is 3.99. The van der Waals surface area contributed by atoms with Gasteiger partial charge in [-0.2, -0.15) is 0 Å². The van der Waals surface area contributed by atoms with Gasteiger partial charge in [0, 0.05) is 16.1 Å². The first-order valence-electron chi connectivity index (χ1n) is 7.48. The van der Waals surface area contributed by atoms with E-state index in [0.29, 0.717) is 10.7 Å². The number of halogens is 1. The van der Waals surface area contributed by atoms with Crippen LogP contribution in [0.5, 0.6) is 5.75 Å². The number of carbonyl (C=O) groups is 2. The van der Waals surface area contributed by atoms with Crippen LogP contribution in [-0.4, -0.2) is 23.6 Å². The summed E-state index contributed by atoms with van der Waals surface area (Å²) in [5.41, 5.74) is 0.579. The molecule has 0 heterocycles. The summed E-state index contributed by atoms with van der Waals surface area (Å²) in [6.45, 7) is -0.468. The van der Waals surface area contributed by atoms with E-state index < -0.39 is 18.5 Å². The topological polar surface area (TPSA) is 75.6 Å². The minimum atomic E-state index is -0.803. The van der Waals surface area contributed by atoms with E-state index in [-0.39, 0.29) is 11.3 Å². The van der Waals surface area contributed by atoms with Gasteiger partial charge in [-0.1, -0.05) is 48.0 Å². The summed E-state index contributed by atoms with van der Waals surface area (Å²) < 4.78 is 4.94. The van der Waals surface area contributed by atoms with Crippen LogP contribution < -0.4 is 5.32 Å². The van der Waals surface area contributed by atoms with Crippen LogP contribution in [-0.2, 0) is 9.53 Å². The van der Waals surface area contributed by atoms with Gasteiger partial charge >= 0.3 is 5.97 Å². The van der Waals surface area contributed by atoms with Gasteiger partial charge in [-0.05, 0) is 29.7 Å². The van der Waals surface area contributed by atoms with Crippen molar-refractivity contribution in [3.63, 3.8) is 0 Å². The second-order valence-electron chi connectivity index (χ2n) is 5.31. The zero-order chi connectivity index (χ0) is 17.8. The molecule has 0 aromatic heterocycles. The number of nitrogens with one attached hydrogen (secondary N) is 1. The number of aromatic hydroxyl groups is 1. The summed E-state index contributed by atoms with van der Waals surface area (Å²) >= 11 is 5.71. The Kier molecular flexibility index (Phi) is 4.86. The number of anilines is 1. The number of benzene rings is 3. The van der Waals surface area contributed by atoms with Crippen molar-refractivity contribution in [3.05, 3.63) is 71.2 Å². The molecule has 0 aliphatic rings. The van der Waals surface area contributed by atoms with E-state index in [4.69, 9.17) is 16.3 Å². The molecule has 0 aliphatic heterocycles. The summed E-state index contributed by atoms with van der Waals surface area (Å²) in [5, 5.41) is 14.6. The molecule has 0 atom stereocenters. The average molecular weight is 356 g/mol. The molecule has 3 aromatic rings. The number of fused-ring (bicyclic) bond motifs is 1. The monoisotopic (exact) mass is 355 g/mol. The summed E-state index contributed by atoms with van der Waals surface area (Å²) in [5.74, 6) is -1.58. The maximum Gasteiger partial charge on any atom is 0.342 e. The molecule has 5 nitrogen and oxygen atoms in total. The lowest BCUT2D eigenvalue weighted by atomic mass is 10.1. The molecule has 25 heavy (non-hydrogen) atoms. The van der Waals surface area contributed by atoms with Crippen LogP contribution in [0.1, 0.15) is 10.4 Å². The fourth-order valence-corrected chi connectivity index (χ4v) is 2.57. The van der Waals surface area contributed by atoms with Crippen LogP contribution in [0, 0.1) is 0 Å². The van der Waals surface area contributed by atoms with Gasteiger partial charge in [-0.25, -0.2) is 4.79 Å². The third-order valence-electron chi connectivity index (χ3n) is 3.58. The third kappa shape index (κ3) is 3.89. The Bertz CT molecular complexity index is 950. The van der Waals surface area contributed by atoms with E-state index in [9.17, 15) is 14.7 Å². The number of phenolic OH excluding ortho intramolecular Hbond substituents is 1. The molecule has 3 rings (SSSR count). The van der Waals surface area contributed by atoms with E-state index in [1.807, 2.05) is 36.4 Å². The molecule has 6 heteroatoms. The number of rotatable bonds is 4. The van der Waals surface area contributed by atoms with Gasteiger partial charge in [-0.3, -0.25) is 4.79 Å². The second kappa shape index (κ2) is 7.23. The van der Waals surface area contributed by atoms with Gasteiger partial charge in [-0.15, -0.1) is 0 Å². The number of hydrogen-bond donors (Lipinski definition) is 2. The maximum absolute atomic E-state index is 12.1. The molecule has 0 saturated carbocycles. The molecule has 0 fully saturated rings. The normalized spacial score (nSPS) is 10.4. The smallest absolute Gasteiger partial charge is 0.342 e. The van der Waals surface area contributed by atoms with Crippen molar-refractivity contribution in [2.24, 2.45) is 0 Å². The Hall–Kier alpha value is -3.05. The summed E-state index contributed by atoms with van der Waals surface area (Å²) in [6.07, 6.45) is 0. The minimum absolute atomic E-state index is 0.0534. The number of esters is 1. The molecular formula is C19H14ClNO4. The molecular weight excluding hydrogens is 342 g/mol. The molecule has 0 radical (unpaired) electrons. The SMILES string of the molecule is O=C(COC(=O)c1ccc(Cl)cc1O)Nc1cccc2ccccc12. The van der Waals surface area contributed by atoms with E-state index >= 15 is 0 Å². The number of hydrogen-bond acceptors (Lipinski definition) is 4. The molecule has 126 valence electrons. The van der Waals surface area contributed by atoms with E-state index in [1.165, 1.54) is 18.2 Å². The van der Waals surface area contributed by atoms with E-state index in [0.717, 1.165) is 10.8 Å². The Morgan fingerprint density at radius 1 is 1.04 bits per heavy atom. The van der Waals surface area contributed by atoms with Crippen molar-refractivity contribution < 1.29 is 19.4 Å². The van der Waals surface area contributed by atoms with Crippen LogP contribution in [0.25, 0.3) is 10.8 Å². The van der Waals surface area contributed by atoms with Crippen molar-refractivity contribution in [1.82, 2.24) is 0 Å². The quantitative estimate of drug-likeness (QED) is 0.694. The first-order valence-corrected chi connectivity index (χ1v) is 7.85. The fraction of sp³-hybridized carbons (Fsp3) is 0.0526. The second-order valence-corrected chi connectivity index (χ2v) is 5.75. The molecule has 0 aliphatic carbocycles. The standard InChI is InChI=1S/C19H14ClNO4/c20-13-8-9-15(17(22)10-13)19(24)25-11-18(23)21-16-7-3-5-12-4-1-2-6-14(12)16/h1-10,22H,11H2,(H,21,23). The fourth-order valence-electron chi connectivity index (χ4n) is 2.41. The van der Waals surface area contributed by atoms with Crippen LogP contribution in [0.4, 0.5) is 5.69 Å². The summed E-state index contributed by atoms with van der Waals surface area (Å²) in [6, 6.07) is 17.2. The van der Waals surface area contributed by atoms with Crippen molar-refractivity contribution in [3.8, 4) is 5.75 Å². The first kappa shape index (κ1) is 16.8. The number of ether oxygens (including phenoxy) is 1. The van der Waals surface area contributed by atoms with Gasteiger partial charge in [0.2, 0.25) is 0 Å². The summed E-state index contributed by atoms with van der Waals surface area (Å²) in [4.78, 5) is 24.0. The highest BCUT2D eigenvalue weighted by Crippen LogP contribution is 2.24. The van der Waals surface area contributed by atoms with Crippen molar-refractivity contribution in [2.75, 3.05) is 11.9 Å². The number of carbonyl (C=O) groups excluding carboxylic acids is 2. The summed E-state index contributed by atoms with van der Waals surface area (Å²) in [7, 11) is 0. The number of phenols is 1. The van der Waals surface area contributed by atoms with Gasteiger partial charge in [0.15, 0.2) is 6.61 Å². The largest absolute Gasteiger partial charge is 0.507 e. The van der Waals surface area contributed by atoms with E-state index in [2.05, 4.69) is 5.32 Å². The zero-order valence-electron chi connectivity index (χ0n) is 13.0. The van der Waals surface area contributed by atoms with Gasteiger partial charge in [0.05, 0.1) is 0 Å². The van der Waals surface area contributed by atoms with E-state index in [1.54, 1.807) is 6.07 Å². The van der Waals surface area contributed by atoms with Crippen LogP contribution in [0.3, 0.4) is 0 Å². The molecule has 0 unspecified atom stereocenters. The van der Waals surface area contributed by atoms with Gasteiger partial charge < -0.3 is 15.2 Å². The Labute approximate surface area is 148 Å². The molecule has 3 aromatic carbocycles. The highest BCUT2D eigenvalue weighted by molar-refractivity contribution is 6.30. The highest BCUT2D eigenvalue weighted by Gasteiger charge is 2.15. The van der Waals surface area contributed by atoms with Crippen LogP contribution >= 0.6 is 11.6 Å². The van der Waals surface area contributed by atoms with Gasteiger partial charge in [0.25, 0.3) is 5.91 Å². The predicted molar refractivity (Wildman–Crippen MR) is 96.0 cm³/mol. The van der Waals surface area contributed by atoms with Crippen molar-refractivity contribution >= 4 is 39.9 Å². The maximum atomic E-state index is 12.1.